The van der Waals surface area contributed by atoms with E-state index in [1.54, 1.807) is 0 Å². The highest BCUT2D eigenvalue weighted by Gasteiger charge is 2.39. The fourth-order valence-corrected chi connectivity index (χ4v) is 9.01. The minimum absolute atomic E-state index is 0.0627. The van der Waals surface area contributed by atoms with Gasteiger partial charge in [0.2, 0.25) is 0 Å². The Hall–Kier alpha value is -0.120. The molecule has 0 aromatic heterocycles. The van der Waals surface area contributed by atoms with E-state index < -0.39 is 5.72 Å². The van der Waals surface area contributed by atoms with Crippen molar-refractivity contribution in [1.29, 1.82) is 0 Å². The van der Waals surface area contributed by atoms with Gasteiger partial charge in [0.25, 0.3) is 0 Å². The van der Waals surface area contributed by atoms with Crippen molar-refractivity contribution in [3.8, 4) is 0 Å². The molecule has 0 radical (unpaired) electrons. The van der Waals surface area contributed by atoms with E-state index in [1.165, 1.54) is 96.3 Å². The molecule has 3 heteroatoms. The molecule has 0 aromatic rings. The number of hydrogen-bond donors (Lipinski definition) is 1. The fraction of sp³-hybridized carbons (Fsp3) is 1.00. The van der Waals surface area contributed by atoms with E-state index in [0.29, 0.717) is 0 Å². The highest BCUT2D eigenvalue weighted by molar-refractivity contribution is 4.90. The molecule has 5 saturated carbocycles. The average Bonchev–Trinajstić information content (AvgIpc) is 2.79. The summed E-state index contributed by atoms with van der Waals surface area (Å²) in [6, 6.07) is 0. The van der Waals surface area contributed by atoms with Crippen LogP contribution in [-0.2, 0) is 9.47 Å². The molecule has 5 aliphatic carbocycles. The molecular weight excluding hydrogens is 430 g/mol. The number of fused-ring (bicyclic) bond motifs is 3. The van der Waals surface area contributed by atoms with Gasteiger partial charge in [-0.2, -0.15) is 0 Å². The van der Waals surface area contributed by atoms with Gasteiger partial charge in [0.15, 0.2) is 0 Å². The largest absolute Gasteiger partial charge is 0.376 e. The molecule has 4 unspecified atom stereocenters. The zero-order valence-electron chi connectivity index (χ0n) is 24.0. The van der Waals surface area contributed by atoms with Gasteiger partial charge in [-0.1, -0.05) is 44.9 Å². The van der Waals surface area contributed by atoms with Crippen molar-refractivity contribution >= 4 is 0 Å². The molecule has 2 N–H and O–H groups in total. The molecule has 5 fully saturated rings. The van der Waals surface area contributed by atoms with Crippen LogP contribution < -0.4 is 5.73 Å². The maximum Gasteiger partial charge on any atom is 0.114 e. The first kappa shape index (κ1) is 27.9. The lowest BCUT2D eigenvalue weighted by molar-refractivity contribution is -0.0822. The molecule has 0 aliphatic heterocycles. The molecule has 0 spiro atoms. The molecule has 0 aromatic carbocycles. The number of hydrogen-bond acceptors (Lipinski definition) is 3. The summed E-state index contributed by atoms with van der Waals surface area (Å²) in [6.07, 6.45) is 22.6. The lowest BCUT2D eigenvalue weighted by Gasteiger charge is -2.45. The van der Waals surface area contributed by atoms with Crippen LogP contribution in [0.2, 0.25) is 0 Å². The molecule has 204 valence electrons. The molecule has 0 heterocycles. The van der Waals surface area contributed by atoms with Gasteiger partial charge < -0.3 is 15.2 Å². The van der Waals surface area contributed by atoms with E-state index in [4.69, 9.17) is 15.2 Å². The van der Waals surface area contributed by atoms with E-state index in [9.17, 15) is 0 Å². The first-order valence-electron chi connectivity index (χ1n) is 15.7. The zero-order chi connectivity index (χ0) is 25.1. The summed E-state index contributed by atoms with van der Waals surface area (Å²) < 4.78 is 12.6. The Morgan fingerprint density at radius 1 is 0.743 bits per heavy atom. The Bertz CT molecular complexity index is 627. The average molecular weight is 490 g/mol. The Kier molecular flexibility index (Phi) is 9.70. The molecular formula is C32H59NO2. The highest BCUT2D eigenvalue weighted by Crippen LogP contribution is 2.48. The van der Waals surface area contributed by atoms with Crippen LogP contribution in [0.1, 0.15) is 137 Å². The Morgan fingerprint density at radius 3 is 2.06 bits per heavy atom. The molecule has 0 amide bonds. The lowest BCUT2D eigenvalue weighted by atomic mass is 9.62. The van der Waals surface area contributed by atoms with Gasteiger partial charge in [-0.05, 0) is 134 Å². The van der Waals surface area contributed by atoms with Crippen molar-refractivity contribution in [2.75, 3.05) is 6.61 Å². The van der Waals surface area contributed by atoms with Gasteiger partial charge in [-0.3, -0.25) is 0 Å². The van der Waals surface area contributed by atoms with Gasteiger partial charge in [0.05, 0.1) is 11.7 Å². The smallest absolute Gasteiger partial charge is 0.114 e. The Morgan fingerprint density at radius 2 is 1.43 bits per heavy atom. The second-order valence-electron chi connectivity index (χ2n) is 14.6. The van der Waals surface area contributed by atoms with E-state index in [2.05, 4.69) is 34.6 Å². The molecule has 35 heavy (non-hydrogen) atoms. The van der Waals surface area contributed by atoms with Crippen LogP contribution in [-0.4, -0.2) is 24.0 Å². The predicted octanol–water partition coefficient (Wildman–Crippen LogP) is 8.49. The van der Waals surface area contributed by atoms with Crippen LogP contribution in [0, 0.1) is 41.4 Å². The maximum absolute atomic E-state index is 6.55. The third-order valence-corrected chi connectivity index (χ3v) is 10.5. The molecule has 2 bridgehead atoms. The van der Waals surface area contributed by atoms with Gasteiger partial charge in [-0.25, -0.2) is 0 Å². The van der Waals surface area contributed by atoms with Gasteiger partial charge in [0, 0.05) is 6.61 Å². The van der Waals surface area contributed by atoms with Gasteiger partial charge in [0.1, 0.15) is 5.72 Å². The number of nitrogens with two attached hydrogens (primary N) is 1. The zero-order valence-corrected chi connectivity index (χ0v) is 24.0. The fourth-order valence-electron chi connectivity index (χ4n) is 9.01. The van der Waals surface area contributed by atoms with Crippen molar-refractivity contribution in [2.24, 2.45) is 47.2 Å². The summed E-state index contributed by atoms with van der Waals surface area (Å²) in [5.41, 5.74) is 6.09. The van der Waals surface area contributed by atoms with E-state index in [-0.39, 0.29) is 11.7 Å². The Labute approximate surface area is 218 Å². The second kappa shape index (κ2) is 12.2. The van der Waals surface area contributed by atoms with Crippen LogP contribution in [0.15, 0.2) is 0 Å². The summed E-state index contributed by atoms with van der Waals surface area (Å²) in [6.45, 7) is 12.0. The molecule has 5 rings (SSSR count). The summed E-state index contributed by atoms with van der Waals surface area (Å²) in [4.78, 5) is 0. The molecule has 0 saturated heterocycles. The molecule has 4 atom stereocenters. The quantitative estimate of drug-likeness (QED) is 0.296. The van der Waals surface area contributed by atoms with Crippen molar-refractivity contribution in [1.82, 2.24) is 0 Å². The van der Waals surface area contributed by atoms with Crippen molar-refractivity contribution in [3.63, 3.8) is 0 Å². The van der Waals surface area contributed by atoms with Gasteiger partial charge >= 0.3 is 0 Å². The summed E-state index contributed by atoms with van der Waals surface area (Å²) in [7, 11) is 0. The number of ether oxygens (including phenoxy) is 2. The van der Waals surface area contributed by atoms with Crippen LogP contribution in [0.25, 0.3) is 0 Å². The summed E-state index contributed by atoms with van der Waals surface area (Å²) >= 11 is 0. The standard InChI is InChI=1S/C32H59NO2/c1-23(2)35-32(5,33)21-26-7-6-8-29(20-26)27-13-9-24(10-14-27)17-18-34-31(3,4)22-30-19-25-11-15-28(30)16-12-25/h23-30H,6-22,33H2,1-5H3. The third-order valence-electron chi connectivity index (χ3n) is 10.5. The molecule has 5 aliphatic rings. The van der Waals surface area contributed by atoms with E-state index >= 15 is 0 Å². The highest BCUT2D eigenvalue weighted by atomic mass is 16.5. The van der Waals surface area contributed by atoms with Crippen LogP contribution in [0.4, 0.5) is 0 Å². The Balaban J connectivity index is 1.13. The second-order valence-corrected chi connectivity index (χ2v) is 14.6. The first-order valence-corrected chi connectivity index (χ1v) is 15.7. The van der Waals surface area contributed by atoms with Crippen molar-refractivity contribution < 1.29 is 9.47 Å². The van der Waals surface area contributed by atoms with Crippen LogP contribution in [0.5, 0.6) is 0 Å². The maximum atomic E-state index is 6.55. The van der Waals surface area contributed by atoms with Crippen LogP contribution in [0.3, 0.4) is 0 Å². The van der Waals surface area contributed by atoms with Crippen molar-refractivity contribution in [2.45, 2.75) is 155 Å². The topological polar surface area (TPSA) is 44.5 Å². The normalized spacial score (nSPS) is 38.0. The van der Waals surface area contributed by atoms with Crippen molar-refractivity contribution in [3.05, 3.63) is 0 Å². The monoisotopic (exact) mass is 489 g/mol. The lowest BCUT2D eigenvalue weighted by Crippen LogP contribution is -2.44. The van der Waals surface area contributed by atoms with Crippen LogP contribution >= 0.6 is 0 Å². The minimum Gasteiger partial charge on any atom is -0.376 e. The summed E-state index contributed by atoms with van der Waals surface area (Å²) in [5.74, 6) is 6.46. The third kappa shape index (κ3) is 8.44. The molecule has 3 nitrogen and oxygen atoms in total. The first-order chi connectivity index (χ1) is 16.6. The predicted molar refractivity (Wildman–Crippen MR) is 147 cm³/mol. The van der Waals surface area contributed by atoms with E-state index in [1.807, 2.05) is 0 Å². The minimum atomic E-state index is -0.470. The van der Waals surface area contributed by atoms with Gasteiger partial charge in [-0.15, -0.1) is 0 Å². The summed E-state index contributed by atoms with van der Waals surface area (Å²) in [5, 5.41) is 0. The van der Waals surface area contributed by atoms with E-state index in [0.717, 1.165) is 54.5 Å². The SMILES string of the molecule is CC(C)OC(C)(N)CC1CCCC(C2CCC(CCOC(C)(C)CC3CC4CCC3CC4)CC2)C1. The number of rotatable bonds is 11.